The molecule has 6 nitrogen and oxygen atoms in total. The maximum atomic E-state index is 6.13. The van der Waals surface area contributed by atoms with Crippen molar-refractivity contribution in [1.82, 2.24) is 15.0 Å². The van der Waals surface area contributed by atoms with Gasteiger partial charge in [-0.3, -0.25) is 4.98 Å². The van der Waals surface area contributed by atoms with Crippen molar-refractivity contribution in [3.05, 3.63) is 35.7 Å². The van der Waals surface area contributed by atoms with Crippen LogP contribution in [0.2, 0.25) is 0 Å². The summed E-state index contributed by atoms with van der Waals surface area (Å²) in [6.07, 6.45) is 1.78. The van der Waals surface area contributed by atoms with Crippen LogP contribution in [-0.4, -0.2) is 53.5 Å². The minimum Gasteiger partial charge on any atom is -0.382 e. The molecule has 3 rings (SSSR count). The second kappa shape index (κ2) is 7.06. The minimum absolute atomic E-state index is 0.0155. The fourth-order valence-electron chi connectivity index (χ4n) is 3.26. The van der Waals surface area contributed by atoms with E-state index in [1.807, 2.05) is 25.1 Å². The first kappa shape index (κ1) is 17.8. The second-order valence-corrected chi connectivity index (χ2v) is 7.13. The molecule has 1 aliphatic heterocycles. The number of aryl methyl sites for hydroxylation is 1. The molecule has 1 aliphatic rings. The van der Waals surface area contributed by atoms with Gasteiger partial charge in [0.1, 0.15) is 11.5 Å². The van der Waals surface area contributed by atoms with Gasteiger partial charge in [0.15, 0.2) is 5.82 Å². The fourth-order valence-corrected chi connectivity index (χ4v) is 3.26. The van der Waals surface area contributed by atoms with Crippen LogP contribution in [0.25, 0.3) is 11.5 Å². The van der Waals surface area contributed by atoms with Crippen molar-refractivity contribution in [2.45, 2.75) is 39.4 Å². The first-order valence-corrected chi connectivity index (χ1v) is 8.58. The van der Waals surface area contributed by atoms with Gasteiger partial charge in [0.2, 0.25) is 0 Å². The van der Waals surface area contributed by atoms with Crippen LogP contribution in [0.5, 0.6) is 0 Å². The van der Waals surface area contributed by atoms with E-state index in [-0.39, 0.29) is 11.7 Å². The first-order chi connectivity index (χ1) is 11.9. The van der Waals surface area contributed by atoms with Crippen LogP contribution in [0.15, 0.2) is 24.4 Å². The Morgan fingerprint density at radius 1 is 1.28 bits per heavy atom. The molecule has 3 heterocycles. The normalized spacial score (nSPS) is 19.9. The van der Waals surface area contributed by atoms with E-state index in [2.05, 4.69) is 35.6 Å². The summed E-state index contributed by atoms with van der Waals surface area (Å²) in [7, 11) is 1.70. The van der Waals surface area contributed by atoms with E-state index in [1.165, 1.54) is 0 Å². The molecule has 1 saturated heterocycles. The SMILES string of the molecule is COC[C@H]1CN(c2nc(-c3ccccn3)nc(C)c2C)CC(C)(C)O1. The number of rotatable bonds is 4. The summed E-state index contributed by atoms with van der Waals surface area (Å²) in [6.45, 7) is 10.4. The van der Waals surface area contributed by atoms with Crippen LogP contribution in [0.3, 0.4) is 0 Å². The summed E-state index contributed by atoms with van der Waals surface area (Å²) >= 11 is 0. The summed E-state index contributed by atoms with van der Waals surface area (Å²) in [5.74, 6) is 1.61. The zero-order valence-corrected chi connectivity index (χ0v) is 15.6. The lowest BCUT2D eigenvalue weighted by Gasteiger charge is -2.43. The Labute approximate surface area is 149 Å². The van der Waals surface area contributed by atoms with E-state index in [9.17, 15) is 0 Å². The van der Waals surface area contributed by atoms with Crippen LogP contribution in [0.1, 0.15) is 25.1 Å². The molecule has 2 aromatic heterocycles. The van der Waals surface area contributed by atoms with Crippen LogP contribution < -0.4 is 4.90 Å². The average molecular weight is 342 g/mol. The Morgan fingerprint density at radius 2 is 2.08 bits per heavy atom. The third-order valence-corrected chi connectivity index (χ3v) is 4.39. The second-order valence-electron chi connectivity index (χ2n) is 7.13. The van der Waals surface area contributed by atoms with Crippen LogP contribution >= 0.6 is 0 Å². The molecular formula is C19H26N4O2. The Kier molecular flexibility index (Phi) is 5.01. The van der Waals surface area contributed by atoms with Crippen molar-refractivity contribution in [2.24, 2.45) is 0 Å². The molecule has 0 aliphatic carbocycles. The summed E-state index contributed by atoms with van der Waals surface area (Å²) in [6, 6.07) is 5.78. The first-order valence-electron chi connectivity index (χ1n) is 8.58. The minimum atomic E-state index is -0.266. The number of pyridine rings is 1. The number of ether oxygens (including phenoxy) is 2. The van der Waals surface area contributed by atoms with Crippen LogP contribution in [0.4, 0.5) is 5.82 Å². The molecule has 6 heteroatoms. The zero-order valence-electron chi connectivity index (χ0n) is 15.6. The predicted octanol–water partition coefficient (Wildman–Crippen LogP) is 2.79. The Balaban J connectivity index is 1.99. The standard InChI is InChI=1S/C19H26N4O2/c1-13-14(2)21-17(16-8-6-7-9-20-16)22-18(13)23-10-15(11-24-5)25-19(3,4)12-23/h6-9,15H,10-12H2,1-5H3/t15-/m1/s1. The molecule has 134 valence electrons. The molecule has 0 bridgehead atoms. The van der Waals surface area contributed by atoms with Gasteiger partial charge in [-0.1, -0.05) is 6.07 Å². The smallest absolute Gasteiger partial charge is 0.180 e. The van der Waals surface area contributed by atoms with E-state index >= 15 is 0 Å². The maximum Gasteiger partial charge on any atom is 0.180 e. The lowest BCUT2D eigenvalue weighted by atomic mass is 10.0. The largest absolute Gasteiger partial charge is 0.382 e. The maximum absolute atomic E-state index is 6.13. The highest BCUT2D eigenvalue weighted by Crippen LogP contribution is 2.29. The highest BCUT2D eigenvalue weighted by Gasteiger charge is 2.35. The van der Waals surface area contributed by atoms with Gasteiger partial charge in [0.05, 0.1) is 18.3 Å². The number of hydrogen-bond acceptors (Lipinski definition) is 6. The van der Waals surface area contributed by atoms with Gasteiger partial charge in [-0.2, -0.15) is 0 Å². The molecule has 1 fully saturated rings. The van der Waals surface area contributed by atoms with Gasteiger partial charge >= 0.3 is 0 Å². The van der Waals surface area contributed by atoms with Crippen molar-refractivity contribution >= 4 is 5.82 Å². The lowest BCUT2D eigenvalue weighted by Crippen LogP contribution is -2.54. The van der Waals surface area contributed by atoms with Gasteiger partial charge in [-0.05, 0) is 39.8 Å². The highest BCUT2D eigenvalue weighted by atomic mass is 16.5. The number of aromatic nitrogens is 3. The molecular weight excluding hydrogens is 316 g/mol. The Hall–Kier alpha value is -2.05. The number of nitrogens with zero attached hydrogens (tertiary/aromatic N) is 4. The van der Waals surface area contributed by atoms with Gasteiger partial charge in [0.25, 0.3) is 0 Å². The molecule has 0 radical (unpaired) electrons. The van der Waals surface area contributed by atoms with Gasteiger partial charge < -0.3 is 14.4 Å². The van der Waals surface area contributed by atoms with Crippen molar-refractivity contribution in [1.29, 1.82) is 0 Å². The number of morpholine rings is 1. The summed E-state index contributed by atoms with van der Waals surface area (Å²) < 4.78 is 11.4. The molecule has 25 heavy (non-hydrogen) atoms. The third-order valence-electron chi connectivity index (χ3n) is 4.39. The van der Waals surface area contributed by atoms with E-state index in [0.717, 1.165) is 35.9 Å². The predicted molar refractivity (Wildman–Crippen MR) is 97.8 cm³/mol. The highest BCUT2D eigenvalue weighted by molar-refractivity contribution is 5.57. The van der Waals surface area contributed by atoms with Crippen molar-refractivity contribution < 1.29 is 9.47 Å². The van der Waals surface area contributed by atoms with E-state index < -0.39 is 0 Å². The van der Waals surface area contributed by atoms with Gasteiger partial charge in [-0.15, -0.1) is 0 Å². The van der Waals surface area contributed by atoms with E-state index in [1.54, 1.807) is 13.3 Å². The monoisotopic (exact) mass is 342 g/mol. The molecule has 0 spiro atoms. The van der Waals surface area contributed by atoms with E-state index in [0.29, 0.717) is 12.4 Å². The topological polar surface area (TPSA) is 60.4 Å². The van der Waals surface area contributed by atoms with Gasteiger partial charge in [-0.25, -0.2) is 9.97 Å². The summed E-state index contributed by atoms with van der Waals surface area (Å²) in [5, 5.41) is 0. The van der Waals surface area contributed by atoms with Crippen molar-refractivity contribution in [3.8, 4) is 11.5 Å². The van der Waals surface area contributed by atoms with Crippen LogP contribution in [0, 0.1) is 13.8 Å². The lowest BCUT2D eigenvalue weighted by molar-refractivity contribution is -0.106. The van der Waals surface area contributed by atoms with E-state index in [4.69, 9.17) is 14.5 Å². The average Bonchev–Trinajstić information content (AvgIpc) is 2.57. The summed E-state index contributed by atoms with van der Waals surface area (Å²) in [5.41, 5.74) is 2.58. The Morgan fingerprint density at radius 3 is 2.76 bits per heavy atom. The quantitative estimate of drug-likeness (QED) is 0.851. The molecule has 1 atom stereocenters. The van der Waals surface area contributed by atoms with Gasteiger partial charge in [0, 0.05) is 37.7 Å². The number of hydrogen-bond donors (Lipinski definition) is 0. The van der Waals surface area contributed by atoms with Crippen molar-refractivity contribution in [2.75, 3.05) is 31.7 Å². The van der Waals surface area contributed by atoms with Crippen molar-refractivity contribution in [3.63, 3.8) is 0 Å². The zero-order chi connectivity index (χ0) is 18.0. The Bertz CT molecular complexity index is 734. The number of methoxy groups -OCH3 is 1. The fraction of sp³-hybridized carbons (Fsp3) is 0.526. The van der Waals surface area contributed by atoms with Crippen LogP contribution in [-0.2, 0) is 9.47 Å². The molecule has 2 aromatic rings. The molecule has 0 aromatic carbocycles. The number of anilines is 1. The molecule has 0 unspecified atom stereocenters. The molecule has 0 amide bonds. The molecule has 0 saturated carbocycles. The molecule has 0 N–H and O–H groups in total. The third kappa shape index (κ3) is 3.96. The summed E-state index contributed by atoms with van der Waals surface area (Å²) in [4.78, 5) is 16.1.